The Morgan fingerprint density at radius 3 is 2.74 bits per heavy atom. The van der Waals surface area contributed by atoms with Crippen molar-refractivity contribution in [2.75, 3.05) is 11.9 Å². The number of rotatable bonds is 2. The van der Waals surface area contributed by atoms with Crippen molar-refractivity contribution in [1.82, 2.24) is 19.5 Å². The molecule has 6 heteroatoms. The van der Waals surface area contributed by atoms with Crippen molar-refractivity contribution in [1.29, 1.82) is 0 Å². The summed E-state index contributed by atoms with van der Waals surface area (Å²) in [6, 6.07) is 8.21. The summed E-state index contributed by atoms with van der Waals surface area (Å²) in [5.74, 6) is 2.00. The highest BCUT2D eigenvalue weighted by Crippen LogP contribution is 2.30. The van der Waals surface area contributed by atoms with Gasteiger partial charge in [0.2, 0.25) is 0 Å². The summed E-state index contributed by atoms with van der Waals surface area (Å²) in [7, 11) is 2.02. The van der Waals surface area contributed by atoms with Gasteiger partial charge in [-0.1, -0.05) is 22.4 Å². The van der Waals surface area contributed by atoms with Crippen molar-refractivity contribution in [2.45, 2.75) is 32.2 Å². The summed E-state index contributed by atoms with van der Waals surface area (Å²) in [6.45, 7) is 1.00. The number of nitrogens with zero attached hydrogens (tertiary/aromatic N) is 5. The molecule has 23 heavy (non-hydrogen) atoms. The van der Waals surface area contributed by atoms with Crippen LogP contribution < -0.4 is 4.90 Å². The van der Waals surface area contributed by atoms with Gasteiger partial charge in [-0.2, -0.15) is 0 Å². The van der Waals surface area contributed by atoms with Crippen LogP contribution >= 0.6 is 15.9 Å². The van der Waals surface area contributed by atoms with Gasteiger partial charge in [-0.15, -0.1) is 0 Å². The van der Waals surface area contributed by atoms with E-state index in [4.69, 9.17) is 4.98 Å². The van der Waals surface area contributed by atoms with E-state index in [1.54, 1.807) is 6.33 Å². The number of fused-ring (bicyclic) bond motifs is 3. The monoisotopic (exact) mass is 371 g/mol. The third-order valence-electron chi connectivity index (χ3n) is 4.41. The first-order chi connectivity index (χ1) is 11.2. The fourth-order valence-corrected chi connectivity index (χ4v) is 3.42. The molecule has 1 aliphatic heterocycles. The van der Waals surface area contributed by atoms with Crippen LogP contribution in [0.2, 0.25) is 0 Å². The first-order valence-corrected chi connectivity index (χ1v) is 8.73. The van der Waals surface area contributed by atoms with Crippen molar-refractivity contribution in [3.8, 4) is 0 Å². The number of anilines is 2. The van der Waals surface area contributed by atoms with Crippen LogP contribution in [0.25, 0.3) is 11.2 Å². The minimum absolute atomic E-state index is 0.859. The van der Waals surface area contributed by atoms with Gasteiger partial charge in [0.25, 0.3) is 0 Å². The molecule has 0 aliphatic carbocycles. The van der Waals surface area contributed by atoms with Crippen molar-refractivity contribution in [3.63, 3.8) is 0 Å². The highest BCUT2D eigenvalue weighted by Gasteiger charge is 2.19. The van der Waals surface area contributed by atoms with Crippen LogP contribution in [-0.2, 0) is 13.0 Å². The Morgan fingerprint density at radius 2 is 1.91 bits per heavy atom. The molecule has 0 saturated heterocycles. The van der Waals surface area contributed by atoms with Gasteiger partial charge < -0.3 is 9.47 Å². The number of hydrogen-bond acceptors (Lipinski definition) is 4. The Kier molecular flexibility index (Phi) is 3.77. The number of benzene rings is 1. The lowest BCUT2D eigenvalue weighted by Crippen LogP contribution is -2.12. The average molecular weight is 372 g/mol. The molecule has 3 aromatic rings. The van der Waals surface area contributed by atoms with E-state index in [0.717, 1.165) is 45.9 Å². The predicted molar refractivity (Wildman–Crippen MR) is 95.1 cm³/mol. The first-order valence-electron chi connectivity index (χ1n) is 7.93. The quantitative estimate of drug-likeness (QED) is 0.680. The maximum absolute atomic E-state index is 4.86. The molecule has 0 saturated carbocycles. The van der Waals surface area contributed by atoms with Crippen LogP contribution in [-0.4, -0.2) is 26.6 Å². The van der Waals surface area contributed by atoms with Gasteiger partial charge in [0, 0.05) is 30.2 Å². The Balaban J connectivity index is 1.82. The van der Waals surface area contributed by atoms with E-state index in [0.29, 0.717) is 0 Å². The zero-order valence-electron chi connectivity index (χ0n) is 13.0. The van der Waals surface area contributed by atoms with E-state index < -0.39 is 0 Å². The second kappa shape index (κ2) is 5.92. The van der Waals surface area contributed by atoms with Gasteiger partial charge in [0.05, 0.1) is 0 Å². The van der Waals surface area contributed by atoms with E-state index in [-0.39, 0.29) is 0 Å². The molecule has 0 amide bonds. The van der Waals surface area contributed by atoms with E-state index in [9.17, 15) is 0 Å². The molecule has 0 atom stereocenters. The fourth-order valence-electron chi connectivity index (χ4n) is 3.16. The summed E-state index contributed by atoms with van der Waals surface area (Å²) in [5.41, 5.74) is 2.93. The second-order valence-electron chi connectivity index (χ2n) is 5.90. The van der Waals surface area contributed by atoms with Gasteiger partial charge in [-0.05, 0) is 37.1 Å². The lowest BCUT2D eigenvalue weighted by Gasteiger charge is -2.18. The smallest absolute Gasteiger partial charge is 0.165 e. The van der Waals surface area contributed by atoms with Crippen LogP contribution in [0.3, 0.4) is 0 Å². The molecule has 5 nitrogen and oxygen atoms in total. The van der Waals surface area contributed by atoms with Gasteiger partial charge in [-0.3, -0.25) is 0 Å². The summed E-state index contributed by atoms with van der Waals surface area (Å²) in [6.07, 6.45) is 6.33. The van der Waals surface area contributed by atoms with Gasteiger partial charge in [0.15, 0.2) is 17.0 Å². The number of hydrogen-bond donors (Lipinski definition) is 0. The molecular weight excluding hydrogens is 354 g/mol. The molecule has 118 valence electrons. The number of halogens is 1. The van der Waals surface area contributed by atoms with Crippen molar-refractivity contribution in [3.05, 3.63) is 40.9 Å². The molecule has 3 heterocycles. The lowest BCUT2D eigenvalue weighted by molar-refractivity contribution is 0.643. The van der Waals surface area contributed by atoms with Crippen molar-refractivity contribution in [2.24, 2.45) is 0 Å². The van der Waals surface area contributed by atoms with Crippen molar-refractivity contribution < 1.29 is 0 Å². The Labute approximate surface area is 143 Å². The van der Waals surface area contributed by atoms with Crippen LogP contribution in [0.15, 0.2) is 35.1 Å². The van der Waals surface area contributed by atoms with E-state index >= 15 is 0 Å². The molecule has 0 unspecified atom stereocenters. The molecule has 0 fully saturated rings. The molecule has 0 radical (unpaired) electrons. The third kappa shape index (κ3) is 2.61. The average Bonchev–Trinajstić information content (AvgIpc) is 2.76. The summed E-state index contributed by atoms with van der Waals surface area (Å²) < 4.78 is 3.33. The second-order valence-corrected chi connectivity index (χ2v) is 6.81. The maximum atomic E-state index is 4.86. The topological polar surface area (TPSA) is 46.8 Å². The first kappa shape index (κ1) is 14.6. The van der Waals surface area contributed by atoms with Crippen LogP contribution in [0.4, 0.5) is 11.5 Å². The highest BCUT2D eigenvalue weighted by molar-refractivity contribution is 9.10. The summed E-state index contributed by atoms with van der Waals surface area (Å²) in [4.78, 5) is 15.9. The van der Waals surface area contributed by atoms with Gasteiger partial charge >= 0.3 is 0 Å². The number of imidazole rings is 1. The molecule has 2 aromatic heterocycles. The Bertz CT molecular complexity index is 840. The van der Waals surface area contributed by atoms with E-state index in [2.05, 4.69) is 47.5 Å². The summed E-state index contributed by atoms with van der Waals surface area (Å²) >= 11 is 3.48. The van der Waals surface area contributed by atoms with Gasteiger partial charge in [-0.25, -0.2) is 15.0 Å². The zero-order chi connectivity index (χ0) is 15.8. The molecule has 1 aromatic carbocycles. The van der Waals surface area contributed by atoms with E-state index in [1.807, 2.05) is 19.2 Å². The van der Waals surface area contributed by atoms with Crippen LogP contribution in [0, 0.1) is 0 Å². The van der Waals surface area contributed by atoms with Crippen molar-refractivity contribution >= 4 is 38.6 Å². The normalized spacial score (nSPS) is 14.5. The largest absolute Gasteiger partial charge is 0.328 e. The molecular formula is C17H18BrN5. The molecule has 0 N–H and O–H groups in total. The summed E-state index contributed by atoms with van der Waals surface area (Å²) in [5, 5.41) is 0. The Morgan fingerprint density at radius 1 is 1.09 bits per heavy atom. The Hall–Kier alpha value is -1.95. The molecule has 0 spiro atoms. The number of aromatic nitrogens is 4. The lowest BCUT2D eigenvalue weighted by atomic mass is 10.2. The standard InChI is InChI=1S/C17H18BrN5/c1-22(13-8-6-12(18)7-9-13)16-15-17(20-11-19-16)23-10-4-2-3-5-14(23)21-15/h6-9,11H,2-5,10H2,1H3. The number of aryl methyl sites for hydroxylation is 2. The molecule has 1 aliphatic rings. The maximum Gasteiger partial charge on any atom is 0.165 e. The minimum Gasteiger partial charge on any atom is -0.328 e. The molecule has 4 rings (SSSR count). The highest BCUT2D eigenvalue weighted by atomic mass is 79.9. The SMILES string of the molecule is CN(c1ccc(Br)cc1)c1ncnc2c1nc1n2CCCCC1. The van der Waals surface area contributed by atoms with Crippen LogP contribution in [0.5, 0.6) is 0 Å². The van der Waals surface area contributed by atoms with Crippen LogP contribution in [0.1, 0.15) is 25.1 Å². The van der Waals surface area contributed by atoms with E-state index in [1.165, 1.54) is 19.3 Å². The van der Waals surface area contributed by atoms with Gasteiger partial charge in [0.1, 0.15) is 12.2 Å². The fraction of sp³-hybridized carbons (Fsp3) is 0.353. The molecule has 0 bridgehead atoms. The predicted octanol–water partition coefficient (Wildman–Crippen LogP) is 4.08. The zero-order valence-corrected chi connectivity index (χ0v) is 14.6. The third-order valence-corrected chi connectivity index (χ3v) is 4.93. The minimum atomic E-state index is 0.859.